The highest BCUT2D eigenvalue weighted by atomic mass is 16.2. The van der Waals surface area contributed by atoms with Crippen LogP contribution in [-0.4, -0.2) is 11.6 Å². The van der Waals surface area contributed by atoms with Gasteiger partial charge in [-0.15, -0.1) is 0 Å². The second-order valence-corrected chi connectivity index (χ2v) is 7.38. The first-order valence-electron chi connectivity index (χ1n) is 9.00. The number of benzene rings is 2. The van der Waals surface area contributed by atoms with Crippen LogP contribution in [-0.2, 0) is 11.2 Å². The van der Waals surface area contributed by atoms with E-state index in [1.165, 1.54) is 31.1 Å². The van der Waals surface area contributed by atoms with Crippen LogP contribution in [0.5, 0.6) is 0 Å². The van der Waals surface area contributed by atoms with Crippen molar-refractivity contribution in [1.82, 2.24) is 5.43 Å². The van der Waals surface area contributed by atoms with Crippen LogP contribution in [0.3, 0.4) is 0 Å². The van der Waals surface area contributed by atoms with Crippen LogP contribution >= 0.6 is 0 Å². The molecule has 0 radical (unpaired) electrons. The molecule has 2 aliphatic rings. The first kappa shape index (κ1) is 15.4. The van der Waals surface area contributed by atoms with Gasteiger partial charge in [0, 0.05) is 11.6 Å². The third kappa shape index (κ3) is 2.95. The number of hydrazone groups is 1. The van der Waals surface area contributed by atoms with Crippen LogP contribution in [0.25, 0.3) is 10.8 Å². The minimum absolute atomic E-state index is 0.0335. The molecule has 24 heavy (non-hydrogen) atoms. The lowest BCUT2D eigenvalue weighted by Gasteiger charge is -2.21. The molecule has 0 spiro atoms. The zero-order valence-electron chi connectivity index (χ0n) is 14.2. The molecule has 4 rings (SSSR count). The number of nitrogens with one attached hydrogen (secondary N) is 1. The summed E-state index contributed by atoms with van der Waals surface area (Å²) in [7, 11) is 0. The summed E-state index contributed by atoms with van der Waals surface area (Å²) in [6.07, 6.45) is 5.73. The van der Waals surface area contributed by atoms with E-state index < -0.39 is 0 Å². The molecule has 0 heterocycles. The van der Waals surface area contributed by atoms with Gasteiger partial charge in [-0.05, 0) is 54.4 Å². The molecule has 2 fully saturated rings. The van der Waals surface area contributed by atoms with Crippen molar-refractivity contribution in [2.45, 2.75) is 39.0 Å². The third-order valence-corrected chi connectivity index (χ3v) is 5.86. The van der Waals surface area contributed by atoms with Gasteiger partial charge in [-0.3, -0.25) is 4.79 Å². The number of hydrogen-bond donors (Lipinski definition) is 1. The van der Waals surface area contributed by atoms with E-state index in [-0.39, 0.29) is 5.91 Å². The highest BCUT2D eigenvalue weighted by Gasteiger charge is 2.40. The van der Waals surface area contributed by atoms with E-state index in [2.05, 4.69) is 35.7 Å². The van der Waals surface area contributed by atoms with Crippen LogP contribution in [0.1, 0.15) is 38.2 Å². The average Bonchev–Trinajstić information content (AvgIpc) is 3.23. The molecule has 0 aliphatic heterocycles. The normalized spacial score (nSPS) is 26.0. The minimum atomic E-state index is -0.0335. The van der Waals surface area contributed by atoms with Crippen molar-refractivity contribution < 1.29 is 4.79 Å². The fourth-order valence-corrected chi connectivity index (χ4v) is 4.65. The molecule has 2 saturated carbocycles. The molecule has 3 unspecified atom stereocenters. The van der Waals surface area contributed by atoms with Crippen molar-refractivity contribution >= 4 is 22.4 Å². The summed E-state index contributed by atoms with van der Waals surface area (Å²) in [6, 6.07) is 14.3. The zero-order chi connectivity index (χ0) is 16.5. The lowest BCUT2D eigenvalue weighted by atomic mass is 9.86. The molecule has 2 aromatic rings. The zero-order valence-corrected chi connectivity index (χ0v) is 14.2. The Morgan fingerprint density at radius 2 is 1.96 bits per heavy atom. The van der Waals surface area contributed by atoms with Crippen molar-refractivity contribution in [3.8, 4) is 0 Å². The number of rotatable bonds is 4. The van der Waals surface area contributed by atoms with Crippen molar-refractivity contribution in [3.63, 3.8) is 0 Å². The van der Waals surface area contributed by atoms with Crippen LogP contribution < -0.4 is 5.43 Å². The minimum Gasteiger partial charge on any atom is -0.273 e. The summed E-state index contributed by atoms with van der Waals surface area (Å²) >= 11 is 0. The molecule has 3 heteroatoms. The lowest BCUT2D eigenvalue weighted by molar-refractivity contribution is -0.120. The van der Waals surface area contributed by atoms with Crippen molar-refractivity contribution in [2.75, 3.05) is 0 Å². The number of amides is 1. The molecular weight excluding hydrogens is 296 g/mol. The number of carbonyl (C=O) groups excluding carboxylic acids is 1. The Hall–Kier alpha value is -2.16. The second-order valence-electron chi connectivity index (χ2n) is 7.38. The van der Waals surface area contributed by atoms with Gasteiger partial charge in [0.25, 0.3) is 0 Å². The van der Waals surface area contributed by atoms with Gasteiger partial charge in [0.05, 0.1) is 6.42 Å². The van der Waals surface area contributed by atoms with Crippen LogP contribution in [0.2, 0.25) is 0 Å². The van der Waals surface area contributed by atoms with E-state index in [0.717, 1.165) is 28.5 Å². The SMILES string of the molecule is C/C(=N/NC(=O)Cc1cccc2ccccc12)C1CC2CCC1C2. The molecular formula is C21H24N2O. The maximum Gasteiger partial charge on any atom is 0.244 e. The number of hydrogen-bond acceptors (Lipinski definition) is 2. The Balaban J connectivity index is 1.42. The molecule has 1 N–H and O–H groups in total. The fraction of sp³-hybridized carbons (Fsp3) is 0.429. The molecule has 3 atom stereocenters. The van der Waals surface area contributed by atoms with Crippen molar-refractivity contribution in [3.05, 3.63) is 48.0 Å². The van der Waals surface area contributed by atoms with E-state index in [0.29, 0.717) is 12.3 Å². The summed E-state index contributed by atoms with van der Waals surface area (Å²) in [6.45, 7) is 2.07. The smallest absolute Gasteiger partial charge is 0.244 e. The maximum absolute atomic E-state index is 12.3. The van der Waals surface area contributed by atoms with Gasteiger partial charge >= 0.3 is 0 Å². The van der Waals surface area contributed by atoms with Gasteiger partial charge in [-0.1, -0.05) is 48.9 Å². The van der Waals surface area contributed by atoms with Crippen LogP contribution in [0, 0.1) is 17.8 Å². The second kappa shape index (κ2) is 6.39. The Kier molecular flexibility index (Phi) is 4.09. The van der Waals surface area contributed by atoms with Crippen molar-refractivity contribution in [1.29, 1.82) is 0 Å². The summed E-state index contributed by atoms with van der Waals surface area (Å²) in [5.41, 5.74) is 4.94. The maximum atomic E-state index is 12.3. The van der Waals surface area contributed by atoms with Gasteiger partial charge in [0.1, 0.15) is 0 Å². The summed E-state index contributed by atoms with van der Waals surface area (Å²) < 4.78 is 0. The summed E-state index contributed by atoms with van der Waals surface area (Å²) in [5, 5.41) is 6.73. The Labute approximate surface area is 143 Å². The molecule has 0 aromatic heterocycles. The highest BCUT2D eigenvalue weighted by molar-refractivity contribution is 5.91. The fourth-order valence-electron chi connectivity index (χ4n) is 4.65. The van der Waals surface area contributed by atoms with E-state index in [1.807, 2.05) is 24.3 Å². The highest BCUT2D eigenvalue weighted by Crippen LogP contribution is 2.48. The molecule has 2 bridgehead atoms. The number of carbonyl (C=O) groups is 1. The van der Waals surface area contributed by atoms with E-state index in [4.69, 9.17) is 0 Å². The first-order valence-corrected chi connectivity index (χ1v) is 9.00. The van der Waals surface area contributed by atoms with Gasteiger partial charge in [-0.2, -0.15) is 5.10 Å². The predicted octanol–water partition coefficient (Wildman–Crippen LogP) is 4.31. The van der Waals surface area contributed by atoms with Gasteiger partial charge in [0.15, 0.2) is 0 Å². The molecule has 2 aliphatic carbocycles. The van der Waals surface area contributed by atoms with Crippen LogP contribution in [0.15, 0.2) is 47.6 Å². The Morgan fingerprint density at radius 1 is 1.12 bits per heavy atom. The van der Waals surface area contributed by atoms with Gasteiger partial charge in [-0.25, -0.2) is 5.43 Å². The van der Waals surface area contributed by atoms with E-state index in [9.17, 15) is 4.79 Å². The predicted molar refractivity (Wildman–Crippen MR) is 97.8 cm³/mol. The molecule has 1 amide bonds. The third-order valence-electron chi connectivity index (χ3n) is 5.86. The molecule has 0 saturated heterocycles. The largest absolute Gasteiger partial charge is 0.273 e. The average molecular weight is 320 g/mol. The van der Waals surface area contributed by atoms with Gasteiger partial charge in [0.2, 0.25) is 5.91 Å². The standard InChI is InChI=1S/C21H24N2O/c1-14(20-12-15-9-10-18(20)11-15)22-23-21(24)13-17-7-4-6-16-5-2-3-8-19(16)17/h2-8,15,18,20H,9-13H2,1H3,(H,23,24)/b22-14-. The molecule has 3 nitrogen and oxygen atoms in total. The quantitative estimate of drug-likeness (QED) is 0.662. The monoisotopic (exact) mass is 320 g/mol. The van der Waals surface area contributed by atoms with Gasteiger partial charge < -0.3 is 0 Å². The molecule has 124 valence electrons. The van der Waals surface area contributed by atoms with Crippen molar-refractivity contribution in [2.24, 2.45) is 22.9 Å². The number of nitrogens with zero attached hydrogens (tertiary/aromatic N) is 1. The topological polar surface area (TPSA) is 41.5 Å². The summed E-state index contributed by atoms with van der Waals surface area (Å²) in [5.74, 6) is 2.25. The first-order chi connectivity index (χ1) is 11.7. The van der Waals surface area contributed by atoms with E-state index >= 15 is 0 Å². The van der Waals surface area contributed by atoms with Crippen LogP contribution in [0.4, 0.5) is 0 Å². The Morgan fingerprint density at radius 3 is 2.75 bits per heavy atom. The molecule has 2 aromatic carbocycles. The summed E-state index contributed by atoms with van der Waals surface area (Å²) in [4.78, 5) is 12.3. The number of fused-ring (bicyclic) bond motifs is 3. The van der Waals surface area contributed by atoms with E-state index in [1.54, 1.807) is 0 Å². The Bertz CT molecular complexity index is 790. The lowest BCUT2D eigenvalue weighted by Crippen LogP contribution is -2.25.